The van der Waals surface area contributed by atoms with E-state index in [1.54, 1.807) is 18.2 Å². The van der Waals surface area contributed by atoms with E-state index in [4.69, 9.17) is 21.7 Å². The molecule has 3 atom stereocenters. The van der Waals surface area contributed by atoms with Gasteiger partial charge in [-0.2, -0.15) is 5.26 Å². The first-order chi connectivity index (χ1) is 12.9. The number of fused-ring (bicyclic) bond motifs is 1. The number of methoxy groups -OCH3 is 2. The van der Waals surface area contributed by atoms with E-state index < -0.39 is 29.3 Å². The van der Waals surface area contributed by atoms with Crippen LogP contribution in [0.25, 0.3) is 0 Å². The minimum absolute atomic E-state index is 0.120. The molecule has 2 N–H and O–H groups in total. The summed E-state index contributed by atoms with van der Waals surface area (Å²) in [5.74, 6) is -3.80. The highest BCUT2D eigenvalue weighted by Crippen LogP contribution is 2.40. The summed E-state index contributed by atoms with van der Waals surface area (Å²) in [6, 6.07) is 6.87. The van der Waals surface area contributed by atoms with Crippen LogP contribution in [0.2, 0.25) is 0 Å². The van der Waals surface area contributed by atoms with Gasteiger partial charge in [-0.3, -0.25) is 9.59 Å². The molecule has 0 spiro atoms. The predicted molar refractivity (Wildman–Crippen MR) is 96.9 cm³/mol. The van der Waals surface area contributed by atoms with Crippen molar-refractivity contribution in [2.24, 2.45) is 11.8 Å². The second-order valence-corrected chi connectivity index (χ2v) is 6.75. The zero-order valence-electron chi connectivity index (χ0n) is 14.7. The van der Waals surface area contributed by atoms with Gasteiger partial charge in [-0.1, -0.05) is 0 Å². The van der Waals surface area contributed by atoms with Crippen LogP contribution in [-0.4, -0.2) is 42.5 Å². The summed E-state index contributed by atoms with van der Waals surface area (Å²) >= 11 is 5.03. The zero-order valence-corrected chi connectivity index (χ0v) is 15.5. The summed E-state index contributed by atoms with van der Waals surface area (Å²) < 4.78 is 10.1. The van der Waals surface area contributed by atoms with Crippen LogP contribution in [0.5, 0.6) is 5.75 Å². The number of hydrogen-bond acceptors (Lipinski definition) is 7. The summed E-state index contributed by atoms with van der Waals surface area (Å²) in [5.41, 5.74) is -0.671. The lowest BCUT2D eigenvalue weighted by Crippen LogP contribution is -2.74. The van der Waals surface area contributed by atoms with Gasteiger partial charge in [-0.25, -0.2) is 4.79 Å². The van der Waals surface area contributed by atoms with Gasteiger partial charge in [0, 0.05) is 5.56 Å². The molecule has 1 aromatic carbocycles. The van der Waals surface area contributed by atoms with Crippen LogP contribution in [0.1, 0.15) is 22.3 Å². The van der Waals surface area contributed by atoms with Crippen LogP contribution in [-0.2, 0) is 20.7 Å². The van der Waals surface area contributed by atoms with Crippen molar-refractivity contribution in [3.05, 3.63) is 29.3 Å². The smallest absolute Gasteiger partial charge is 0.334 e. The van der Waals surface area contributed by atoms with Crippen molar-refractivity contribution in [3.63, 3.8) is 0 Å². The van der Waals surface area contributed by atoms with E-state index in [0.29, 0.717) is 17.7 Å². The van der Waals surface area contributed by atoms with Crippen LogP contribution < -0.4 is 15.4 Å². The third-order valence-electron chi connectivity index (χ3n) is 5.07. The van der Waals surface area contributed by atoms with Crippen LogP contribution in [0.15, 0.2) is 18.2 Å². The number of nitrogens with zero attached hydrogens (tertiary/aromatic N) is 1. The van der Waals surface area contributed by atoms with Crippen LogP contribution in [0.3, 0.4) is 0 Å². The number of nitriles is 1. The summed E-state index contributed by atoms with van der Waals surface area (Å²) in [4.78, 5) is 38.4. The lowest BCUT2D eigenvalue weighted by Gasteiger charge is -2.45. The quantitative estimate of drug-likeness (QED) is 0.569. The lowest BCUT2D eigenvalue weighted by atomic mass is 9.65. The third-order valence-corrected chi connectivity index (χ3v) is 5.28. The summed E-state index contributed by atoms with van der Waals surface area (Å²) in [5, 5.41) is 14.5. The number of ketones is 1. The monoisotopic (exact) mass is 387 g/mol. The largest absolute Gasteiger partial charge is 0.497 e. The topological polar surface area (TPSA) is 118 Å². The average molecular weight is 387 g/mol. The Balaban J connectivity index is 2.12. The van der Waals surface area contributed by atoms with E-state index in [9.17, 15) is 19.6 Å². The van der Waals surface area contributed by atoms with Gasteiger partial charge in [-0.05, 0) is 48.8 Å². The highest BCUT2D eigenvalue weighted by atomic mass is 32.1. The van der Waals surface area contributed by atoms with Crippen molar-refractivity contribution >= 4 is 35.0 Å². The maximum absolute atomic E-state index is 13.2. The van der Waals surface area contributed by atoms with Crippen molar-refractivity contribution in [2.45, 2.75) is 18.4 Å². The molecule has 2 aliphatic rings. The van der Waals surface area contributed by atoms with Gasteiger partial charge < -0.3 is 20.1 Å². The zero-order chi connectivity index (χ0) is 19.8. The highest BCUT2D eigenvalue weighted by Gasteiger charge is 2.61. The Morgan fingerprint density at radius 2 is 2.11 bits per heavy atom. The minimum Gasteiger partial charge on any atom is -0.497 e. The standard InChI is InChI=1S/C18H17N3O5S/c1-25-10-4-5-11-9(7-10)3-6-12(14(11)22)18(16(24)26-2)13(8-19)15(23)20-17(27)21-18/h4-5,7,12-13H,3,6H2,1-2H3,(H2,20,21,23,27)/t12-,13+,18-/m0/s1. The Morgan fingerprint density at radius 3 is 2.74 bits per heavy atom. The molecule has 1 fully saturated rings. The van der Waals surface area contributed by atoms with Gasteiger partial charge in [0.1, 0.15) is 5.75 Å². The Labute approximate surface area is 160 Å². The maximum atomic E-state index is 13.2. The number of rotatable bonds is 3. The number of Topliss-reactive ketones (excluding diaryl/α,β-unsaturated/α-hetero) is 1. The molecule has 1 saturated heterocycles. The number of hydrogen-bond donors (Lipinski definition) is 2. The number of amides is 1. The molecule has 8 nitrogen and oxygen atoms in total. The molecule has 0 radical (unpaired) electrons. The van der Waals surface area contributed by atoms with Gasteiger partial charge in [0.15, 0.2) is 22.4 Å². The van der Waals surface area contributed by atoms with Crippen LogP contribution >= 0.6 is 12.2 Å². The second-order valence-electron chi connectivity index (χ2n) is 6.34. The molecule has 1 heterocycles. The molecule has 140 valence electrons. The van der Waals surface area contributed by atoms with E-state index in [1.807, 2.05) is 6.07 Å². The molecular weight excluding hydrogens is 370 g/mol. The molecule has 1 amide bonds. The maximum Gasteiger partial charge on any atom is 0.334 e. The molecule has 1 aliphatic carbocycles. The number of thiocarbonyl (C=S) groups is 1. The molecule has 0 unspecified atom stereocenters. The fourth-order valence-corrected chi connectivity index (χ4v) is 4.08. The molecule has 1 aromatic rings. The molecule has 0 saturated carbocycles. The Hall–Kier alpha value is -2.99. The van der Waals surface area contributed by atoms with Crippen molar-refractivity contribution < 1.29 is 23.9 Å². The molecule has 3 rings (SSSR count). The highest BCUT2D eigenvalue weighted by molar-refractivity contribution is 7.80. The molecule has 0 bridgehead atoms. The summed E-state index contributed by atoms with van der Waals surface area (Å²) in [6.45, 7) is 0. The van der Waals surface area contributed by atoms with E-state index in [-0.39, 0.29) is 17.3 Å². The van der Waals surface area contributed by atoms with Crippen molar-refractivity contribution in [3.8, 4) is 11.8 Å². The van der Waals surface area contributed by atoms with Gasteiger partial charge in [-0.15, -0.1) is 0 Å². The van der Waals surface area contributed by atoms with E-state index in [1.165, 1.54) is 7.11 Å². The fraction of sp³-hybridized carbons (Fsp3) is 0.389. The van der Waals surface area contributed by atoms with Gasteiger partial charge >= 0.3 is 5.97 Å². The van der Waals surface area contributed by atoms with Crippen molar-refractivity contribution in [1.82, 2.24) is 10.6 Å². The van der Waals surface area contributed by atoms with E-state index in [0.717, 1.165) is 12.7 Å². The number of benzene rings is 1. The first-order valence-corrected chi connectivity index (χ1v) is 8.62. The minimum atomic E-state index is -1.88. The van der Waals surface area contributed by atoms with Crippen molar-refractivity contribution in [1.29, 1.82) is 5.26 Å². The Morgan fingerprint density at radius 1 is 1.37 bits per heavy atom. The van der Waals surface area contributed by atoms with E-state index in [2.05, 4.69) is 10.6 Å². The van der Waals surface area contributed by atoms with Crippen LogP contribution in [0.4, 0.5) is 0 Å². The average Bonchev–Trinajstić information content (AvgIpc) is 2.66. The number of aryl methyl sites for hydroxylation is 1. The Kier molecular flexibility index (Phi) is 4.85. The SMILES string of the molecule is COC(=O)[C@@]1([C@H]2CCc3cc(OC)ccc3C2=O)NC(=S)NC(=O)[C@H]1C#N. The van der Waals surface area contributed by atoms with Crippen LogP contribution in [0, 0.1) is 23.2 Å². The second kappa shape index (κ2) is 6.96. The number of carbonyl (C=O) groups is 3. The first-order valence-electron chi connectivity index (χ1n) is 8.21. The first kappa shape index (κ1) is 18.8. The lowest BCUT2D eigenvalue weighted by molar-refractivity contribution is -0.155. The fourth-order valence-electron chi connectivity index (χ4n) is 3.81. The van der Waals surface area contributed by atoms with Gasteiger partial charge in [0.2, 0.25) is 5.91 Å². The van der Waals surface area contributed by atoms with Gasteiger partial charge in [0.25, 0.3) is 0 Å². The predicted octanol–water partition coefficient (Wildman–Crippen LogP) is 0.496. The molecular formula is C18H17N3O5S. The summed E-state index contributed by atoms with van der Waals surface area (Å²) in [7, 11) is 2.67. The molecule has 9 heteroatoms. The van der Waals surface area contributed by atoms with Crippen molar-refractivity contribution in [2.75, 3.05) is 14.2 Å². The Bertz CT molecular complexity index is 893. The molecule has 27 heavy (non-hydrogen) atoms. The number of esters is 1. The normalized spacial score (nSPS) is 26.9. The summed E-state index contributed by atoms with van der Waals surface area (Å²) in [6.07, 6.45) is 0.713. The molecule has 0 aromatic heterocycles. The number of carbonyl (C=O) groups excluding carboxylic acids is 3. The molecule has 1 aliphatic heterocycles. The number of ether oxygens (including phenoxy) is 2. The number of nitrogens with one attached hydrogen (secondary N) is 2. The van der Waals surface area contributed by atoms with E-state index >= 15 is 0 Å². The third kappa shape index (κ3) is 2.82. The van der Waals surface area contributed by atoms with Gasteiger partial charge in [0.05, 0.1) is 26.2 Å².